The van der Waals surface area contributed by atoms with E-state index in [1.807, 2.05) is 0 Å². The van der Waals surface area contributed by atoms with Gasteiger partial charge in [0.2, 0.25) is 0 Å². The monoisotopic (exact) mass is 358 g/mol. The van der Waals surface area contributed by atoms with E-state index in [2.05, 4.69) is 21.2 Å². The third-order valence-corrected chi connectivity index (χ3v) is 3.74. The number of benzene rings is 1. The average Bonchev–Trinajstić information content (AvgIpc) is 2.48. The lowest BCUT2D eigenvalue weighted by molar-refractivity contribution is -0.0199. The molecule has 1 aromatic rings. The number of hydrogen-bond donors (Lipinski definition) is 3. The van der Waals surface area contributed by atoms with E-state index in [9.17, 15) is 14.7 Å². The van der Waals surface area contributed by atoms with Crippen LogP contribution in [0, 0.1) is 0 Å². The van der Waals surface area contributed by atoms with Gasteiger partial charge in [0, 0.05) is 18.7 Å². The van der Waals surface area contributed by atoms with E-state index >= 15 is 0 Å². The molecule has 0 aliphatic carbocycles. The van der Waals surface area contributed by atoms with Crippen molar-refractivity contribution in [2.24, 2.45) is 0 Å². The number of carbonyl (C=O) groups is 2. The molecule has 0 aromatic heterocycles. The predicted molar refractivity (Wildman–Crippen MR) is 77.5 cm³/mol. The standard InChI is InChI=1S/C13H15BrN2O5/c14-10-5-8(1-2-11(10)17)12(18)15-6-9-7-16(13(19)20)3-4-21-9/h1-2,5,9,17H,3-4,6-7H2,(H,15,18)(H,19,20). The normalized spacial score (nSPS) is 18.3. The Morgan fingerprint density at radius 1 is 1.48 bits per heavy atom. The number of ether oxygens (including phenoxy) is 1. The number of nitrogens with one attached hydrogen (secondary N) is 1. The summed E-state index contributed by atoms with van der Waals surface area (Å²) in [6, 6.07) is 4.43. The molecule has 1 aliphatic rings. The Bertz CT molecular complexity index is 551. The van der Waals surface area contributed by atoms with Gasteiger partial charge < -0.3 is 25.2 Å². The van der Waals surface area contributed by atoms with Crippen LogP contribution < -0.4 is 5.32 Å². The van der Waals surface area contributed by atoms with Crippen LogP contribution in [0.1, 0.15) is 10.4 Å². The zero-order valence-electron chi connectivity index (χ0n) is 11.1. The first-order valence-corrected chi connectivity index (χ1v) is 7.13. The highest BCUT2D eigenvalue weighted by Crippen LogP contribution is 2.24. The van der Waals surface area contributed by atoms with Gasteiger partial charge in [-0.15, -0.1) is 0 Å². The lowest BCUT2D eigenvalue weighted by Crippen LogP contribution is -2.49. The van der Waals surface area contributed by atoms with E-state index in [1.54, 1.807) is 0 Å². The fourth-order valence-corrected chi connectivity index (χ4v) is 2.35. The summed E-state index contributed by atoms with van der Waals surface area (Å²) < 4.78 is 5.85. The van der Waals surface area contributed by atoms with Crippen molar-refractivity contribution in [3.63, 3.8) is 0 Å². The molecule has 1 atom stereocenters. The molecule has 21 heavy (non-hydrogen) atoms. The van der Waals surface area contributed by atoms with E-state index in [1.165, 1.54) is 23.1 Å². The molecule has 0 bridgehead atoms. The molecular weight excluding hydrogens is 344 g/mol. The molecule has 1 unspecified atom stereocenters. The third kappa shape index (κ3) is 4.08. The van der Waals surface area contributed by atoms with Crippen LogP contribution in [0.2, 0.25) is 0 Å². The molecule has 114 valence electrons. The summed E-state index contributed by atoms with van der Waals surface area (Å²) >= 11 is 3.14. The maximum atomic E-state index is 12.0. The maximum Gasteiger partial charge on any atom is 0.407 e. The minimum atomic E-state index is -0.989. The van der Waals surface area contributed by atoms with E-state index < -0.39 is 6.09 Å². The molecule has 3 N–H and O–H groups in total. The Morgan fingerprint density at radius 2 is 2.24 bits per heavy atom. The number of phenolic OH excluding ortho intramolecular Hbond substituents is 1. The number of morpholine rings is 1. The van der Waals surface area contributed by atoms with Crippen molar-refractivity contribution in [3.05, 3.63) is 28.2 Å². The zero-order valence-corrected chi connectivity index (χ0v) is 12.7. The molecule has 2 rings (SSSR count). The van der Waals surface area contributed by atoms with Gasteiger partial charge in [0.1, 0.15) is 5.75 Å². The molecule has 0 saturated carbocycles. The van der Waals surface area contributed by atoms with Gasteiger partial charge in [-0.05, 0) is 34.1 Å². The van der Waals surface area contributed by atoms with E-state index in [-0.39, 0.29) is 30.9 Å². The summed E-state index contributed by atoms with van der Waals surface area (Å²) in [5.41, 5.74) is 0.394. The third-order valence-electron chi connectivity index (χ3n) is 3.11. The highest BCUT2D eigenvalue weighted by molar-refractivity contribution is 9.10. The number of amides is 2. The van der Waals surface area contributed by atoms with Crippen molar-refractivity contribution in [2.75, 3.05) is 26.2 Å². The summed E-state index contributed by atoms with van der Waals surface area (Å²) in [6.07, 6.45) is -1.35. The van der Waals surface area contributed by atoms with Gasteiger partial charge in [0.15, 0.2) is 0 Å². The lowest BCUT2D eigenvalue weighted by atomic mass is 10.2. The second-order valence-electron chi connectivity index (χ2n) is 4.60. The molecule has 0 spiro atoms. The second kappa shape index (κ2) is 6.77. The molecule has 8 heteroatoms. The fourth-order valence-electron chi connectivity index (χ4n) is 1.97. The van der Waals surface area contributed by atoms with Crippen LogP contribution in [-0.2, 0) is 4.74 Å². The number of aromatic hydroxyl groups is 1. The number of halogens is 1. The Balaban J connectivity index is 1.88. The van der Waals surface area contributed by atoms with Crippen LogP contribution in [0.5, 0.6) is 5.75 Å². The Hall–Kier alpha value is -1.80. The van der Waals surface area contributed by atoms with Crippen LogP contribution in [0.4, 0.5) is 4.79 Å². The quantitative estimate of drug-likeness (QED) is 0.755. The topological polar surface area (TPSA) is 99.1 Å². The van der Waals surface area contributed by atoms with Crippen molar-refractivity contribution in [2.45, 2.75) is 6.10 Å². The van der Waals surface area contributed by atoms with Crippen molar-refractivity contribution in [3.8, 4) is 5.75 Å². The van der Waals surface area contributed by atoms with Gasteiger partial charge >= 0.3 is 6.09 Å². The second-order valence-corrected chi connectivity index (χ2v) is 5.45. The highest BCUT2D eigenvalue weighted by atomic mass is 79.9. The zero-order chi connectivity index (χ0) is 15.4. The number of phenols is 1. The van der Waals surface area contributed by atoms with Crippen molar-refractivity contribution in [1.82, 2.24) is 10.2 Å². The summed E-state index contributed by atoms with van der Waals surface area (Å²) in [6.45, 7) is 1.11. The summed E-state index contributed by atoms with van der Waals surface area (Å²) in [5.74, 6) is -0.258. The van der Waals surface area contributed by atoms with Crippen molar-refractivity contribution in [1.29, 1.82) is 0 Å². The maximum absolute atomic E-state index is 12.0. The minimum Gasteiger partial charge on any atom is -0.507 e. The van der Waals surface area contributed by atoms with Gasteiger partial charge in [-0.25, -0.2) is 4.79 Å². The predicted octanol–water partition coefficient (Wildman–Crippen LogP) is 1.26. The molecule has 1 aliphatic heterocycles. The lowest BCUT2D eigenvalue weighted by Gasteiger charge is -2.31. The van der Waals surface area contributed by atoms with Gasteiger partial charge in [-0.3, -0.25) is 4.79 Å². The Morgan fingerprint density at radius 3 is 2.90 bits per heavy atom. The molecule has 1 saturated heterocycles. The van der Waals surface area contributed by atoms with Gasteiger partial charge in [-0.1, -0.05) is 0 Å². The summed E-state index contributed by atoms with van der Waals surface area (Å²) in [7, 11) is 0. The van der Waals surface area contributed by atoms with E-state index in [0.29, 0.717) is 23.2 Å². The fraction of sp³-hybridized carbons (Fsp3) is 0.385. The number of rotatable bonds is 3. The van der Waals surface area contributed by atoms with Crippen LogP contribution in [0.15, 0.2) is 22.7 Å². The molecular formula is C13H15BrN2O5. The van der Waals surface area contributed by atoms with Crippen LogP contribution in [0.25, 0.3) is 0 Å². The van der Waals surface area contributed by atoms with Crippen molar-refractivity contribution >= 4 is 27.9 Å². The molecule has 2 amide bonds. The first-order chi connectivity index (χ1) is 9.97. The molecule has 1 aromatic carbocycles. The Labute approximate surface area is 129 Å². The van der Waals surface area contributed by atoms with Gasteiger partial charge in [-0.2, -0.15) is 0 Å². The average molecular weight is 359 g/mol. The molecule has 0 radical (unpaired) electrons. The van der Waals surface area contributed by atoms with Gasteiger partial charge in [0.05, 0.1) is 23.7 Å². The number of carboxylic acid groups (broad SMARTS) is 1. The minimum absolute atomic E-state index is 0.0549. The SMILES string of the molecule is O=C(NCC1CN(C(=O)O)CCO1)c1ccc(O)c(Br)c1. The summed E-state index contributed by atoms with van der Waals surface area (Å²) in [5, 5.41) is 21.0. The Kier molecular flexibility index (Phi) is 5.03. The first-order valence-electron chi connectivity index (χ1n) is 6.33. The molecule has 7 nitrogen and oxygen atoms in total. The first kappa shape index (κ1) is 15.6. The number of hydrogen-bond acceptors (Lipinski definition) is 4. The largest absolute Gasteiger partial charge is 0.507 e. The van der Waals surface area contributed by atoms with Crippen LogP contribution >= 0.6 is 15.9 Å². The highest BCUT2D eigenvalue weighted by Gasteiger charge is 2.24. The number of nitrogens with zero attached hydrogens (tertiary/aromatic N) is 1. The van der Waals surface area contributed by atoms with Crippen LogP contribution in [0.3, 0.4) is 0 Å². The number of carbonyl (C=O) groups excluding carboxylic acids is 1. The van der Waals surface area contributed by atoms with E-state index in [0.717, 1.165) is 0 Å². The van der Waals surface area contributed by atoms with E-state index in [4.69, 9.17) is 9.84 Å². The van der Waals surface area contributed by atoms with Crippen molar-refractivity contribution < 1.29 is 24.5 Å². The van der Waals surface area contributed by atoms with Gasteiger partial charge in [0.25, 0.3) is 5.91 Å². The molecule has 1 heterocycles. The molecule has 1 fully saturated rings. The van der Waals surface area contributed by atoms with Crippen LogP contribution in [-0.4, -0.2) is 59.5 Å². The smallest absolute Gasteiger partial charge is 0.407 e. The summed E-state index contributed by atoms with van der Waals surface area (Å²) in [4.78, 5) is 24.1.